The third kappa shape index (κ3) is 2.27. The summed E-state index contributed by atoms with van der Waals surface area (Å²) in [6.07, 6.45) is 1.87. The maximum absolute atomic E-state index is 5.82. The van der Waals surface area contributed by atoms with Crippen LogP contribution in [0.5, 0.6) is 0 Å². The van der Waals surface area contributed by atoms with E-state index < -0.39 is 0 Å². The third-order valence-corrected chi connectivity index (χ3v) is 3.09. The molecule has 3 nitrogen and oxygen atoms in total. The minimum Gasteiger partial charge on any atom is -0.398 e. The summed E-state index contributed by atoms with van der Waals surface area (Å²) in [5, 5.41) is 3.35. The van der Waals surface area contributed by atoms with Crippen LogP contribution in [0.15, 0.2) is 29.9 Å². The summed E-state index contributed by atoms with van der Waals surface area (Å²) in [5.41, 5.74) is 10.7. The molecule has 0 saturated heterocycles. The van der Waals surface area contributed by atoms with E-state index in [9.17, 15) is 0 Å². The molecular formula is C11H13N3S. The van der Waals surface area contributed by atoms with Crippen LogP contribution in [-0.4, -0.2) is 4.98 Å². The molecule has 0 aliphatic carbocycles. The molecule has 0 radical (unpaired) electrons. The van der Waals surface area contributed by atoms with Crippen molar-refractivity contribution in [3.8, 4) is 0 Å². The van der Waals surface area contributed by atoms with Gasteiger partial charge in [0, 0.05) is 22.4 Å². The van der Waals surface area contributed by atoms with E-state index in [2.05, 4.69) is 10.3 Å². The van der Waals surface area contributed by atoms with E-state index in [1.165, 1.54) is 4.88 Å². The molecule has 15 heavy (non-hydrogen) atoms. The average Bonchev–Trinajstić information content (AvgIpc) is 2.73. The van der Waals surface area contributed by atoms with E-state index in [0.717, 1.165) is 23.5 Å². The van der Waals surface area contributed by atoms with Gasteiger partial charge in [-0.05, 0) is 24.6 Å². The number of benzene rings is 1. The normalized spacial score (nSPS) is 10.2. The van der Waals surface area contributed by atoms with Crippen LogP contribution in [0.25, 0.3) is 0 Å². The minimum absolute atomic E-state index is 0.801. The van der Waals surface area contributed by atoms with Gasteiger partial charge in [0.25, 0.3) is 0 Å². The number of rotatable bonds is 3. The number of nitrogens with zero attached hydrogens (tertiary/aromatic N) is 1. The van der Waals surface area contributed by atoms with E-state index in [0.29, 0.717) is 0 Å². The summed E-state index contributed by atoms with van der Waals surface area (Å²) in [5.74, 6) is 0. The van der Waals surface area contributed by atoms with Gasteiger partial charge >= 0.3 is 0 Å². The Hall–Kier alpha value is -1.55. The summed E-state index contributed by atoms with van der Waals surface area (Å²) in [4.78, 5) is 5.25. The van der Waals surface area contributed by atoms with Crippen LogP contribution < -0.4 is 11.1 Å². The monoisotopic (exact) mass is 219 g/mol. The first-order valence-electron chi connectivity index (χ1n) is 4.73. The molecule has 0 bridgehead atoms. The van der Waals surface area contributed by atoms with Crippen LogP contribution >= 0.6 is 11.3 Å². The lowest BCUT2D eigenvalue weighted by atomic mass is 10.1. The van der Waals surface area contributed by atoms with Crippen molar-refractivity contribution in [2.24, 2.45) is 0 Å². The van der Waals surface area contributed by atoms with Gasteiger partial charge in [-0.25, -0.2) is 0 Å². The first-order valence-corrected chi connectivity index (χ1v) is 5.61. The van der Waals surface area contributed by atoms with Gasteiger partial charge in [-0.15, -0.1) is 11.3 Å². The van der Waals surface area contributed by atoms with Gasteiger partial charge < -0.3 is 11.1 Å². The van der Waals surface area contributed by atoms with Crippen molar-refractivity contribution >= 4 is 22.7 Å². The number of nitrogens with one attached hydrogen (secondary N) is 1. The van der Waals surface area contributed by atoms with Crippen molar-refractivity contribution in [3.63, 3.8) is 0 Å². The highest BCUT2D eigenvalue weighted by atomic mass is 32.1. The Bertz CT molecular complexity index is 437. The average molecular weight is 219 g/mol. The molecule has 0 aliphatic rings. The van der Waals surface area contributed by atoms with E-state index >= 15 is 0 Å². The standard InChI is InChI=1S/C11H13N3S/c1-8-10(12)3-2-4-11(8)14-6-9-5-13-7-15-9/h2-5,7,14H,6,12H2,1H3. The fourth-order valence-corrected chi connectivity index (χ4v) is 1.89. The van der Waals surface area contributed by atoms with Crippen LogP contribution in [0.2, 0.25) is 0 Å². The Morgan fingerprint density at radius 2 is 2.33 bits per heavy atom. The summed E-state index contributed by atoms with van der Waals surface area (Å²) in [6.45, 7) is 2.82. The van der Waals surface area contributed by atoms with Gasteiger partial charge in [0.2, 0.25) is 0 Å². The molecule has 0 unspecified atom stereocenters. The second kappa shape index (κ2) is 4.31. The Balaban J connectivity index is 2.08. The summed E-state index contributed by atoms with van der Waals surface area (Å²) in [6, 6.07) is 5.90. The van der Waals surface area contributed by atoms with Crippen molar-refractivity contribution in [2.75, 3.05) is 11.1 Å². The van der Waals surface area contributed by atoms with Crippen LogP contribution in [0.1, 0.15) is 10.4 Å². The highest BCUT2D eigenvalue weighted by molar-refractivity contribution is 7.09. The third-order valence-electron chi connectivity index (χ3n) is 2.31. The van der Waals surface area contributed by atoms with Gasteiger partial charge in [-0.2, -0.15) is 0 Å². The topological polar surface area (TPSA) is 50.9 Å². The Labute approximate surface area is 93.0 Å². The molecule has 2 aromatic rings. The second-order valence-corrected chi connectivity index (χ2v) is 4.31. The van der Waals surface area contributed by atoms with Crippen LogP contribution in [0.4, 0.5) is 11.4 Å². The Morgan fingerprint density at radius 1 is 1.47 bits per heavy atom. The number of aromatic nitrogens is 1. The smallest absolute Gasteiger partial charge is 0.0794 e. The van der Waals surface area contributed by atoms with Crippen molar-refractivity contribution < 1.29 is 0 Å². The zero-order chi connectivity index (χ0) is 10.7. The molecule has 3 N–H and O–H groups in total. The van der Waals surface area contributed by atoms with E-state index in [1.807, 2.05) is 36.8 Å². The van der Waals surface area contributed by atoms with Crippen molar-refractivity contribution in [3.05, 3.63) is 40.3 Å². The number of nitrogens with two attached hydrogens (primary N) is 1. The summed E-state index contributed by atoms with van der Waals surface area (Å²) >= 11 is 1.65. The molecule has 1 aromatic carbocycles. The molecule has 1 heterocycles. The fourth-order valence-electron chi connectivity index (χ4n) is 1.36. The first-order chi connectivity index (χ1) is 7.27. The number of anilines is 2. The van der Waals surface area contributed by atoms with Crippen molar-refractivity contribution in [2.45, 2.75) is 13.5 Å². The largest absolute Gasteiger partial charge is 0.398 e. The zero-order valence-corrected chi connectivity index (χ0v) is 9.34. The predicted octanol–water partition coefficient (Wildman–Crippen LogP) is 2.65. The molecule has 78 valence electrons. The first kappa shape index (κ1) is 9.98. The molecule has 4 heteroatoms. The van der Waals surface area contributed by atoms with Crippen LogP contribution in [0, 0.1) is 6.92 Å². The Kier molecular flexibility index (Phi) is 2.87. The van der Waals surface area contributed by atoms with E-state index in [1.54, 1.807) is 11.3 Å². The second-order valence-electron chi connectivity index (χ2n) is 3.34. The summed E-state index contributed by atoms with van der Waals surface area (Å²) in [7, 11) is 0. The molecule has 0 spiro atoms. The molecular weight excluding hydrogens is 206 g/mol. The minimum atomic E-state index is 0.801. The van der Waals surface area contributed by atoms with E-state index in [4.69, 9.17) is 5.73 Å². The predicted molar refractivity (Wildman–Crippen MR) is 65.0 cm³/mol. The molecule has 0 aliphatic heterocycles. The Morgan fingerprint density at radius 3 is 3.07 bits per heavy atom. The van der Waals surface area contributed by atoms with E-state index in [-0.39, 0.29) is 0 Å². The van der Waals surface area contributed by atoms with Crippen LogP contribution in [-0.2, 0) is 6.54 Å². The van der Waals surface area contributed by atoms with Gasteiger partial charge in [0.15, 0.2) is 0 Å². The molecule has 0 amide bonds. The lowest BCUT2D eigenvalue weighted by molar-refractivity contribution is 1.16. The van der Waals surface area contributed by atoms with Gasteiger partial charge in [0.05, 0.1) is 12.1 Å². The SMILES string of the molecule is Cc1c(N)cccc1NCc1cncs1. The molecule has 0 saturated carbocycles. The quantitative estimate of drug-likeness (QED) is 0.780. The molecule has 2 rings (SSSR count). The maximum atomic E-state index is 5.82. The maximum Gasteiger partial charge on any atom is 0.0794 e. The van der Waals surface area contributed by atoms with Gasteiger partial charge in [0.1, 0.15) is 0 Å². The molecule has 0 fully saturated rings. The van der Waals surface area contributed by atoms with Gasteiger partial charge in [-0.3, -0.25) is 4.98 Å². The van der Waals surface area contributed by atoms with Crippen molar-refractivity contribution in [1.29, 1.82) is 0 Å². The lowest BCUT2D eigenvalue weighted by Crippen LogP contribution is -2.01. The zero-order valence-electron chi connectivity index (χ0n) is 8.53. The lowest BCUT2D eigenvalue weighted by Gasteiger charge is -2.09. The fraction of sp³-hybridized carbons (Fsp3) is 0.182. The van der Waals surface area contributed by atoms with Gasteiger partial charge in [-0.1, -0.05) is 6.07 Å². The number of nitrogen functional groups attached to an aromatic ring is 1. The van der Waals surface area contributed by atoms with Crippen LogP contribution in [0.3, 0.4) is 0 Å². The highest BCUT2D eigenvalue weighted by Crippen LogP contribution is 2.21. The summed E-state index contributed by atoms with van der Waals surface area (Å²) < 4.78 is 0. The number of thiazole rings is 1. The number of hydrogen-bond donors (Lipinski definition) is 2. The highest BCUT2D eigenvalue weighted by Gasteiger charge is 2.01. The molecule has 1 aromatic heterocycles. The number of hydrogen-bond acceptors (Lipinski definition) is 4. The molecule has 0 atom stereocenters. The van der Waals surface area contributed by atoms with Crippen molar-refractivity contribution in [1.82, 2.24) is 4.98 Å².